The lowest BCUT2D eigenvalue weighted by Crippen LogP contribution is -2.24. The van der Waals surface area contributed by atoms with Crippen molar-refractivity contribution in [3.8, 4) is 10.8 Å². The van der Waals surface area contributed by atoms with Gasteiger partial charge in [0.2, 0.25) is 11.8 Å². The third kappa shape index (κ3) is 3.94. The SMILES string of the molecule is O=C(Cc1nnc(-c2cccs2)o1)NCc1ccc(F)cc1Cl. The number of halogens is 2. The monoisotopic (exact) mass is 351 g/mol. The molecule has 0 bridgehead atoms. The molecule has 0 spiro atoms. The van der Waals surface area contributed by atoms with Gasteiger partial charge in [0.15, 0.2) is 0 Å². The fourth-order valence-corrected chi connectivity index (χ4v) is 2.76. The minimum Gasteiger partial charge on any atom is -0.419 e. The van der Waals surface area contributed by atoms with Crippen LogP contribution in [0.25, 0.3) is 10.8 Å². The highest BCUT2D eigenvalue weighted by Gasteiger charge is 2.13. The zero-order valence-electron chi connectivity index (χ0n) is 11.8. The number of amides is 1. The molecule has 0 atom stereocenters. The molecule has 1 aromatic carbocycles. The van der Waals surface area contributed by atoms with Gasteiger partial charge in [-0.3, -0.25) is 4.79 Å². The van der Waals surface area contributed by atoms with Crippen LogP contribution in [0.5, 0.6) is 0 Å². The Bertz CT molecular complexity index is 820. The molecule has 0 fully saturated rings. The van der Waals surface area contributed by atoms with Crippen molar-refractivity contribution in [2.24, 2.45) is 0 Å². The van der Waals surface area contributed by atoms with Gasteiger partial charge >= 0.3 is 0 Å². The number of rotatable bonds is 5. The first-order valence-electron chi connectivity index (χ1n) is 6.68. The van der Waals surface area contributed by atoms with Crippen molar-refractivity contribution in [1.29, 1.82) is 0 Å². The highest BCUT2D eigenvalue weighted by molar-refractivity contribution is 7.13. The summed E-state index contributed by atoms with van der Waals surface area (Å²) in [5.74, 6) is -0.0794. The van der Waals surface area contributed by atoms with E-state index in [-0.39, 0.29) is 29.8 Å². The van der Waals surface area contributed by atoms with E-state index in [0.717, 1.165) is 4.88 Å². The molecule has 1 amide bonds. The van der Waals surface area contributed by atoms with Gasteiger partial charge in [-0.05, 0) is 29.1 Å². The van der Waals surface area contributed by atoms with Gasteiger partial charge in [-0.1, -0.05) is 23.7 Å². The Balaban J connectivity index is 1.57. The van der Waals surface area contributed by atoms with Crippen LogP contribution >= 0.6 is 22.9 Å². The number of carbonyl (C=O) groups is 1. The molecule has 5 nitrogen and oxygen atoms in total. The zero-order valence-corrected chi connectivity index (χ0v) is 13.3. The number of carbonyl (C=O) groups excluding carboxylic acids is 1. The van der Waals surface area contributed by atoms with E-state index in [0.29, 0.717) is 11.5 Å². The summed E-state index contributed by atoms with van der Waals surface area (Å²) in [6.07, 6.45) is -0.0306. The minimum atomic E-state index is -0.419. The average molecular weight is 352 g/mol. The molecule has 0 aliphatic rings. The van der Waals surface area contributed by atoms with Crippen molar-refractivity contribution >= 4 is 28.8 Å². The molecule has 0 radical (unpaired) electrons. The van der Waals surface area contributed by atoms with E-state index >= 15 is 0 Å². The standard InChI is InChI=1S/C15H11ClFN3O2S/c16-11-6-10(17)4-3-9(11)8-18-13(21)7-14-19-20-15(22-14)12-2-1-5-23-12/h1-6H,7-8H2,(H,18,21). The van der Waals surface area contributed by atoms with Crippen molar-refractivity contribution in [2.45, 2.75) is 13.0 Å². The van der Waals surface area contributed by atoms with Gasteiger partial charge in [-0.25, -0.2) is 4.39 Å². The molecule has 3 rings (SSSR count). The minimum absolute atomic E-state index is 0.0306. The average Bonchev–Trinajstić information content (AvgIpc) is 3.17. The zero-order chi connectivity index (χ0) is 16.2. The van der Waals surface area contributed by atoms with Crippen LogP contribution in [0.15, 0.2) is 40.1 Å². The van der Waals surface area contributed by atoms with E-state index in [4.69, 9.17) is 16.0 Å². The van der Waals surface area contributed by atoms with Crippen molar-refractivity contribution < 1.29 is 13.6 Å². The van der Waals surface area contributed by atoms with Gasteiger partial charge in [0.1, 0.15) is 12.2 Å². The number of aromatic nitrogens is 2. The fraction of sp³-hybridized carbons (Fsp3) is 0.133. The highest BCUT2D eigenvalue weighted by atomic mass is 35.5. The lowest BCUT2D eigenvalue weighted by atomic mass is 10.2. The first kappa shape index (κ1) is 15.6. The van der Waals surface area contributed by atoms with Crippen LogP contribution < -0.4 is 5.32 Å². The summed E-state index contributed by atoms with van der Waals surface area (Å²) >= 11 is 7.38. The largest absolute Gasteiger partial charge is 0.419 e. The summed E-state index contributed by atoms with van der Waals surface area (Å²) in [4.78, 5) is 12.8. The first-order valence-corrected chi connectivity index (χ1v) is 7.94. The molecule has 2 aromatic heterocycles. The van der Waals surface area contributed by atoms with E-state index in [2.05, 4.69) is 15.5 Å². The predicted molar refractivity (Wildman–Crippen MR) is 84.6 cm³/mol. The quantitative estimate of drug-likeness (QED) is 0.764. The topological polar surface area (TPSA) is 68.0 Å². The Morgan fingerprint density at radius 2 is 2.22 bits per heavy atom. The maximum Gasteiger partial charge on any atom is 0.257 e. The molecular weight excluding hydrogens is 341 g/mol. The molecule has 3 aromatic rings. The second-order valence-corrected chi connectivity index (χ2v) is 6.02. The Hall–Kier alpha value is -2.25. The maximum atomic E-state index is 13.0. The fourth-order valence-electron chi connectivity index (χ4n) is 1.88. The highest BCUT2D eigenvalue weighted by Crippen LogP contribution is 2.23. The number of nitrogens with one attached hydrogen (secondary N) is 1. The molecule has 0 saturated carbocycles. The Morgan fingerprint density at radius 3 is 2.96 bits per heavy atom. The first-order chi connectivity index (χ1) is 11.1. The Kier molecular flexibility index (Phi) is 4.68. The van der Waals surface area contributed by atoms with Crippen LogP contribution in [0.3, 0.4) is 0 Å². The van der Waals surface area contributed by atoms with E-state index in [1.54, 1.807) is 0 Å². The van der Waals surface area contributed by atoms with Gasteiger partial charge in [0.05, 0.1) is 4.88 Å². The third-order valence-corrected chi connectivity index (χ3v) is 4.21. The molecule has 23 heavy (non-hydrogen) atoms. The summed E-state index contributed by atoms with van der Waals surface area (Å²) in [6.45, 7) is 0.198. The van der Waals surface area contributed by atoms with E-state index in [9.17, 15) is 9.18 Å². The summed E-state index contributed by atoms with van der Waals surface area (Å²) < 4.78 is 18.4. The van der Waals surface area contributed by atoms with E-state index < -0.39 is 5.82 Å². The molecule has 0 saturated heterocycles. The Labute approximate surface area is 140 Å². The van der Waals surface area contributed by atoms with Gasteiger partial charge in [-0.15, -0.1) is 21.5 Å². The van der Waals surface area contributed by atoms with Gasteiger partial charge < -0.3 is 9.73 Å². The summed E-state index contributed by atoms with van der Waals surface area (Å²) in [5, 5.41) is 12.6. The normalized spacial score (nSPS) is 10.7. The summed E-state index contributed by atoms with van der Waals surface area (Å²) in [6, 6.07) is 7.76. The van der Waals surface area contributed by atoms with Gasteiger partial charge in [0.25, 0.3) is 5.89 Å². The van der Waals surface area contributed by atoms with E-state index in [1.807, 2.05) is 17.5 Å². The van der Waals surface area contributed by atoms with Crippen molar-refractivity contribution in [3.63, 3.8) is 0 Å². The molecule has 0 aliphatic heterocycles. The lowest BCUT2D eigenvalue weighted by Gasteiger charge is -2.06. The number of benzene rings is 1. The van der Waals surface area contributed by atoms with Crippen molar-refractivity contribution in [1.82, 2.24) is 15.5 Å². The predicted octanol–water partition coefficient (Wildman–Crippen LogP) is 3.45. The number of nitrogens with zero attached hydrogens (tertiary/aromatic N) is 2. The van der Waals surface area contributed by atoms with Crippen molar-refractivity contribution in [2.75, 3.05) is 0 Å². The molecular formula is C15H11ClFN3O2S. The molecule has 118 valence electrons. The van der Waals surface area contributed by atoms with Crippen LogP contribution in [-0.2, 0) is 17.8 Å². The van der Waals surface area contributed by atoms with Crippen molar-refractivity contribution in [3.05, 3.63) is 58.0 Å². The lowest BCUT2D eigenvalue weighted by molar-refractivity contribution is -0.120. The van der Waals surface area contributed by atoms with Gasteiger partial charge in [-0.2, -0.15) is 0 Å². The molecule has 1 N–H and O–H groups in total. The second-order valence-electron chi connectivity index (χ2n) is 4.67. The van der Waals surface area contributed by atoms with Crippen LogP contribution in [0, 0.1) is 5.82 Å². The van der Waals surface area contributed by atoms with Crippen LogP contribution in [0.4, 0.5) is 4.39 Å². The molecule has 2 heterocycles. The Morgan fingerprint density at radius 1 is 1.35 bits per heavy atom. The molecule has 8 heteroatoms. The smallest absolute Gasteiger partial charge is 0.257 e. The molecule has 0 aliphatic carbocycles. The number of thiophene rings is 1. The summed E-state index contributed by atoms with van der Waals surface area (Å²) in [5.41, 5.74) is 0.631. The van der Waals surface area contributed by atoms with Gasteiger partial charge in [0, 0.05) is 11.6 Å². The van der Waals surface area contributed by atoms with E-state index in [1.165, 1.54) is 29.5 Å². The van der Waals surface area contributed by atoms with Crippen LogP contribution in [0.1, 0.15) is 11.5 Å². The maximum absolute atomic E-state index is 13.0. The van der Waals surface area contributed by atoms with Crippen LogP contribution in [0.2, 0.25) is 5.02 Å². The molecule has 0 unspecified atom stereocenters. The summed E-state index contributed by atoms with van der Waals surface area (Å²) in [7, 11) is 0. The number of hydrogen-bond acceptors (Lipinski definition) is 5. The second kappa shape index (κ2) is 6.89. The third-order valence-electron chi connectivity index (χ3n) is 3.00. The van der Waals surface area contributed by atoms with Crippen LogP contribution in [-0.4, -0.2) is 16.1 Å². The number of hydrogen-bond donors (Lipinski definition) is 1.